The van der Waals surface area contributed by atoms with Crippen LogP contribution in [0.15, 0.2) is 17.2 Å². The molecule has 0 amide bonds. The third-order valence-corrected chi connectivity index (χ3v) is 2.16. The highest BCUT2D eigenvalue weighted by Crippen LogP contribution is 2.25. The lowest BCUT2D eigenvalue weighted by Crippen LogP contribution is -1.75. The lowest BCUT2D eigenvalue weighted by atomic mass is 10.3. The van der Waals surface area contributed by atoms with Crippen molar-refractivity contribution in [3.8, 4) is 0 Å². The smallest absolute Gasteiger partial charge is 0.135 e. The van der Waals surface area contributed by atoms with Gasteiger partial charge in [-0.15, -0.1) is 5.10 Å². The van der Waals surface area contributed by atoms with Crippen LogP contribution in [0.25, 0.3) is 20.7 Å². The molecule has 2 rings (SSSR count). The molecule has 0 aliphatic carbocycles. The highest BCUT2D eigenvalue weighted by molar-refractivity contribution is 7.12. The maximum absolute atomic E-state index is 13.1. The Hall–Kier alpha value is -1.72. The Labute approximate surface area is 75.6 Å². The number of aromatic nitrogens is 2. The van der Waals surface area contributed by atoms with E-state index in [2.05, 4.69) is 19.6 Å². The molecular weight excluding hydrogens is 193 g/mol. The van der Waals surface area contributed by atoms with E-state index in [0.29, 0.717) is 10.2 Å². The minimum absolute atomic E-state index is 0.0268. The third kappa shape index (κ3) is 1.30. The van der Waals surface area contributed by atoms with Crippen molar-refractivity contribution in [1.29, 1.82) is 0 Å². The zero-order chi connectivity index (χ0) is 9.26. The first kappa shape index (κ1) is 7.90. The SMILES string of the molecule is [N-]=[N+]=Nc1cc2snnc2cc1F. The second-order valence-electron chi connectivity index (χ2n) is 2.23. The summed E-state index contributed by atoms with van der Waals surface area (Å²) in [6.45, 7) is 0. The van der Waals surface area contributed by atoms with Crippen LogP contribution in [-0.2, 0) is 0 Å². The number of halogens is 1. The number of fused-ring (bicyclic) bond motifs is 1. The molecule has 1 aromatic carbocycles. The predicted octanol–water partition coefficient (Wildman–Crippen LogP) is 2.77. The fourth-order valence-electron chi connectivity index (χ4n) is 0.917. The predicted molar refractivity (Wildman–Crippen MR) is 46.2 cm³/mol. The summed E-state index contributed by atoms with van der Waals surface area (Å²) < 4.78 is 17.4. The summed E-state index contributed by atoms with van der Waals surface area (Å²) in [6.07, 6.45) is 0. The van der Waals surface area contributed by atoms with Crippen LogP contribution >= 0.6 is 11.5 Å². The van der Waals surface area contributed by atoms with Gasteiger partial charge in [0.15, 0.2) is 0 Å². The zero-order valence-corrected chi connectivity index (χ0v) is 6.99. The standard InChI is InChI=1S/C6H2FN5S/c7-3-1-5-6(13-12-10-5)2-4(3)9-11-8/h1-2H. The molecule has 0 saturated heterocycles. The van der Waals surface area contributed by atoms with E-state index >= 15 is 0 Å². The molecule has 7 heteroatoms. The van der Waals surface area contributed by atoms with E-state index in [4.69, 9.17) is 5.53 Å². The van der Waals surface area contributed by atoms with E-state index < -0.39 is 5.82 Å². The summed E-state index contributed by atoms with van der Waals surface area (Å²) in [7, 11) is 0. The summed E-state index contributed by atoms with van der Waals surface area (Å²) in [6, 6.07) is 2.62. The minimum atomic E-state index is -0.585. The Morgan fingerprint density at radius 3 is 3.15 bits per heavy atom. The van der Waals surface area contributed by atoms with E-state index in [1.807, 2.05) is 0 Å². The van der Waals surface area contributed by atoms with E-state index in [1.54, 1.807) is 0 Å². The molecule has 0 radical (unpaired) electrons. The Morgan fingerprint density at radius 2 is 2.38 bits per heavy atom. The average Bonchev–Trinajstić information content (AvgIpc) is 2.52. The van der Waals surface area contributed by atoms with E-state index in [-0.39, 0.29) is 5.69 Å². The maximum Gasteiger partial charge on any atom is 0.135 e. The molecule has 5 nitrogen and oxygen atoms in total. The number of hydrogen-bond donors (Lipinski definition) is 0. The van der Waals surface area contributed by atoms with Gasteiger partial charge in [0.1, 0.15) is 11.3 Å². The van der Waals surface area contributed by atoms with Gasteiger partial charge in [-0.2, -0.15) is 0 Å². The number of azide groups is 1. The van der Waals surface area contributed by atoms with E-state index in [9.17, 15) is 4.39 Å². The molecule has 0 unspecified atom stereocenters. The van der Waals surface area contributed by atoms with Gasteiger partial charge >= 0.3 is 0 Å². The van der Waals surface area contributed by atoms with Crippen molar-refractivity contribution in [3.63, 3.8) is 0 Å². The van der Waals surface area contributed by atoms with Crippen molar-refractivity contribution in [2.45, 2.75) is 0 Å². The maximum atomic E-state index is 13.1. The van der Waals surface area contributed by atoms with Crippen molar-refractivity contribution in [3.05, 3.63) is 28.4 Å². The largest absolute Gasteiger partial charge is 0.206 e. The number of nitrogens with zero attached hydrogens (tertiary/aromatic N) is 5. The second kappa shape index (κ2) is 2.96. The monoisotopic (exact) mass is 195 g/mol. The van der Waals surface area contributed by atoms with Crippen LogP contribution in [0.1, 0.15) is 0 Å². The van der Waals surface area contributed by atoms with Crippen molar-refractivity contribution in [1.82, 2.24) is 9.59 Å². The summed E-state index contributed by atoms with van der Waals surface area (Å²) in [5.41, 5.74) is 8.58. The van der Waals surface area contributed by atoms with Gasteiger partial charge in [-0.3, -0.25) is 0 Å². The topological polar surface area (TPSA) is 74.5 Å². The van der Waals surface area contributed by atoms with Crippen LogP contribution in [-0.4, -0.2) is 9.59 Å². The average molecular weight is 195 g/mol. The molecule has 2 aromatic rings. The molecule has 0 N–H and O–H groups in total. The summed E-state index contributed by atoms with van der Waals surface area (Å²) >= 11 is 1.12. The van der Waals surface area contributed by atoms with E-state index in [1.165, 1.54) is 12.1 Å². The van der Waals surface area contributed by atoms with Gasteiger partial charge in [0.25, 0.3) is 0 Å². The van der Waals surface area contributed by atoms with Crippen molar-refractivity contribution in [2.24, 2.45) is 5.11 Å². The van der Waals surface area contributed by atoms with Gasteiger partial charge in [-0.25, -0.2) is 4.39 Å². The van der Waals surface area contributed by atoms with Gasteiger partial charge < -0.3 is 0 Å². The molecule has 13 heavy (non-hydrogen) atoms. The summed E-state index contributed by atoms with van der Waals surface area (Å²) in [4.78, 5) is 2.51. The molecule has 0 aliphatic heterocycles. The molecular formula is C6H2FN5S. The van der Waals surface area contributed by atoms with Crippen molar-refractivity contribution >= 4 is 27.4 Å². The van der Waals surface area contributed by atoms with Crippen LogP contribution < -0.4 is 0 Å². The Morgan fingerprint density at radius 1 is 1.54 bits per heavy atom. The molecule has 0 fully saturated rings. The lowest BCUT2D eigenvalue weighted by molar-refractivity contribution is 0.631. The van der Waals surface area contributed by atoms with Crippen LogP contribution in [0.2, 0.25) is 0 Å². The van der Waals surface area contributed by atoms with E-state index in [0.717, 1.165) is 11.5 Å². The molecule has 0 aliphatic rings. The van der Waals surface area contributed by atoms with Gasteiger partial charge in [0.05, 0.1) is 10.4 Å². The molecule has 0 atom stereocenters. The van der Waals surface area contributed by atoms with Crippen LogP contribution in [0.4, 0.5) is 10.1 Å². The first-order valence-electron chi connectivity index (χ1n) is 3.28. The molecule has 0 saturated carbocycles. The first-order chi connectivity index (χ1) is 6.31. The van der Waals surface area contributed by atoms with Gasteiger partial charge in [0.2, 0.25) is 0 Å². The fourth-order valence-corrected chi connectivity index (χ4v) is 1.49. The first-order valence-corrected chi connectivity index (χ1v) is 4.05. The fraction of sp³-hybridized carbons (Fsp3) is 0. The molecule has 1 aromatic heterocycles. The second-order valence-corrected chi connectivity index (χ2v) is 3.02. The van der Waals surface area contributed by atoms with Crippen molar-refractivity contribution < 1.29 is 4.39 Å². The van der Waals surface area contributed by atoms with Gasteiger partial charge in [0, 0.05) is 11.0 Å². The summed E-state index contributed by atoms with van der Waals surface area (Å²) in [5, 5.41) is 6.87. The van der Waals surface area contributed by atoms with Crippen molar-refractivity contribution in [2.75, 3.05) is 0 Å². The van der Waals surface area contributed by atoms with Crippen LogP contribution in [0.3, 0.4) is 0 Å². The Kier molecular flexibility index (Phi) is 1.80. The van der Waals surface area contributed by atoms with Crippen LogP contribution in [0, 0.1) is 5.82 Å². The normalized spacial score (nSPS) is 9.92. The summed E-state index contributed by atoms with van der Waals surface area (Å²) in [5.74, 6) is -0.585. The number of hydrogen-bond acceptors (Lipinski definition) is 4. The molecule has 0 bridgehead atoms. The lowest BCUT2D eigenvalue weighted by Gasteiger charge is -1.92. The molecule has 1 heterocycles. The van der Waals surface area contributed by atoms with Crippen LogP contribution in [0.5, 0.6) is 0 Å². The van der Waals surface area contributed by atoms with Gasteiger partial charge in [-0.1, -0.05) is 9.60 Å². The minimum Gasteiger partial charge on any atom is -0.206 e. The quantitative estimate of drug-likeness (QED) is 0.398. The highest BCUT2D eigenvalue weighted by Gasteiger charge is 2.05. The number of benzene rings is 1. The molecule has 0 spiro atoms. The Balaban J connectivity index is 2.75. The molecule has 64 valence electrons. The highest BCUT2D eigenvalue weighted by atomic mass is 32.1. The van der Waals surface area contributed by atoms with Gasteiger partial charge in [-0.05, 0) is 23.1 Å². The Bertz CT molecular complexity index is 501. The number of rotatable bonds is 1. The third-order valence-electron chi connectivity index (χ3n) is 1.47. The zero-order valence-electron chi connectivity index (χ0n) is 6.18.